The van der Waals surface area contributed by atoms with Crippen LogP contribution in [0, 0.1) is 0 Å². The lowest BCUT2D eigenvalue weighted by atomic mass is 9.96. The van der Waals surface area contributed by atoms with Gasteiger partial charge in [-0.25, -0.2) is 22.0 Å². The zero-order valence-corrected chi connectivity index (χ0v) is 15.4. The fourth-order valence-corrected chi connectivity index (χ4v) is 4.40. The summed E-state index contributed by atoms with van der Waals surface area (Å²) in [5.74, 6) is 0. The van der Waals surface area contributed by atoms with Gasteiger partial charge in [0.05, 0.1) is 15.5 Å². The van der Waals surface area contributed by atoms with Crippen molar-refractivity contribution in [3.63, 3.8) is 0 Å². The van der Waals surface area contributed by atoms with Crippen molar-refractivity contribution in [3.8, 4) is 0 Å². The van der Waals surface area contributed by atoms with Gasteiger partial charge in [-0.2, -0.15) is 0 Å². The lowest BCUT2D eigenvalue weighted by Gasteiger charge is -2.19. The van der Waals surface area contributed by atoms with Crippen molar-refractivity contribution in [2.24, 2.45) is 5.14 Å². The van der Waals surface area contributed by atoms with Gasteiger partial charge in [0.25, 0.3) is 0 Å². The van der Waals surface area contributed by atoms with Crippen LogP contribution in [0.4, 0.5) is 5.69 Å². The SMILES string of the molecule is CS(=O)(=O)c1cc(S(N)(=O)=O)ccc1NCC1(c2ccccc2)CC1. The number of rotatable bonds is 6. The molecule has 0 heterocycles. The molecule has 0 aromatic heterocycles. The van der Waals surface area contributed by atoms with Crippen LogP contribution in [0.1, 0.15) is 18.4 Å². The maximum absolute atomic E-state index is 12.1. The van der Waals surface area contributed by atoms with Crippen molar-refractivity contribution in [3.05, 3.63) is 54.1 Å². The van der Waals surface area contributed by atoms with Crippen LogP contribution < -0.4 is 10.5 Å². The minimum absolute atomic E-state index is 0.00531. The molecule has 0 radical (unpaired) electrons. The zero-order valence-electron chi connectivity index (χ0n) is 13.8. The standard InChI is InChI=1S/C17H20N2O4S2/c1-24(20,21)16-11-14(25(18,22)23)7-8-15(16)19-12-17(9-10-17)13-5-3-2-4-6-13/h2-8,11,19H,9-10,12H2,1H3,(H2,18,22,23). The molecule has 0 atom stereocenters. The molecular formula is C17H20N2O4S2. The van der Waals surface area contributed by atoms with Crippen molar-refractivity contribution in [1.29, 1.82) is 0 Å². The van der Waals surface area contributed by atoms with Gasteiger partial charge in [0.2, 0.25) is 10.0 Å². The van der Waals surface area contributed by atoms with Crippen molar-refractivity contribution in [1.82, 2.24) is 0 Å². The van der Waals surface area contributed by atoms with Gasteiger partial charge in [0, 0.05) is 18.2 Å². The third-order valence-corrected chi connectivity index (χ3v) is 6.59. The first-order chi connectivity index (χ1) is 11.6. The summed E-state index contributed by atoms with van der Waals surface area (Å²) in [6.45, 7) is 0.578. The molecule has 1 saturated carbocycles. The number of hydrogen-bond acceptors (Lipinski definition) is 5. The fraction of sp³-hybridized carbons (Fsp3) is 0.294. The lowest BCUT2D eigenvalue weighted by molar-refractivity contribution is 0.597. The third-order valence-electron chi connectivity index (χ3n) is 4.54. The summed E-state index contributed by atoms with van der Waals surface area (Å²) in [4.78, 5) is -0.287. The van der Waals surface area contributed by atoms with E-state index in [1.54, 1.807) is 0 Å². The second kappa shape index (κ2) is 6.12. The second-order valence-electron chi connectivity index (χ2n) is 6.48. The van der Waals surface area contributed by atoms with Crippen molar-refractivity contribution >= 4 is 25.5 Å². The molecule has 6 nitrogen and oxygen atoms in total. The maximum Gasteiger partial charge on any atom is 0.238 e. The van der Waals surface area contributed by atoms with E-state index in [0.717, 1.165) is 25.2 Å². The van der Waals surface area contributed by atoms with Crippen LogP contribution in [0.15, 0.2) is 58.3 Å². The maximum atomic E-state index is 12.1. The van der Waals surface area contributed by atoms with Crippen LogP contribution in [0.2, 0.25) is 0 Å². The molecule has 1 fully saturated rings. The number of anilines is 1. The van der Waals surface area contributed by atoms with Crippen LogP contribution in [0.25, 0.3) is 0 Å². The minimum atomic E-state index is -3.97. The van der Waals surface area contributed by atoms with E-state index in [0.29, 0.717) is 12.2 Å². The summed E-state index contributed by atoms with van der Waals surface area (Å²) < 4.78 is 47.1. The van der Waals surface area contributed by atoms with Gasteiger partial charge in [-0.1, -0.05) is 30.3 Å². The summed E-state index contributed by atoms with van der Waals surface area (Å²) in [6.07, 6.45) is 3.09. The van der Waals surface area contributed by atoms with E-state index >= 15 is 0 Å². The Kier molecular flexibility index (Phi) is 4.38. The average Bonchev–Trinajstić information content (AvgIpc) is 3.33. The molecule has 3 N–H and O–H groups in total. The van der Waals surface area contributed by atoms with Crippen LogP contribution in [0.5, 0.6) is 0 Å². The largest absolute Gasteiger partial charge is 0.383 e. The molecule has 134 valence electrons. The Morgan fingerprint density at radius 3 is 2.20 bits per heavy atom. The number of nitrogens with one attached hydrogen (secondary N) is 1. The van der Waals surface area contributed by atoms with Crippen LogP contribution in [-0.2, 0) is 25.3 Å². The molecule has 0 amide bonds. The zero-order chi connectivity index (χ0) is 18.3. The first-order valence-electron chi connectivity index (χ1n) is 7.78. The number of sulfonamides is 1. The number of nitrogens with two attached hydrogens (primary N) is 1. The monoisotopic (exact) mass is 380 g/mol. The molecule has 25 heavy (non-hydrogen) atoms. The van der Waals surface area contributed by atoms with E-state index < -0.39 is 19.9 Å². The highest BCUT2D eigenvalue weighted by Crippen LogP contribution is 2.48. The van der Waals surface area contributed by atoms with Gasteiger partial charge in [0.1, 0.15) is 0 Å². The number of benzene rings is 2. The van der Waals surface area contributed by atoms with Crippen LogP contribution in [-0.4, -0.2) is 29.6 Å². The Morgan fingerprint density at radius 2 is 1.68 bits per heavy atom. The van der Waals surface area contributed by atoms with Crippen molar-refractivity contribution in [2.45, 2.75) is 28.0 Å². The summed E-state index contributed by atoms with van der Waals surface area (Å²) in [6, 6.07) is 13.9. The van der Waals surface area contributed by atoms with E-state index in [9.17, 15) is 16.8 Å². The van der Waals surface area contributed by atoms with Crippen LogP contribution >= 0.6 is 0 Å². The third kappa shape index (κ3) is 3.86. The Balaban J connectivity index is 1.91. The topological polar surface area (TPSA) is 106 Å². The van der Waals surface area contributed by atoms with E-state index in [2.05, 4.69) is 17.4 Å². The van der Waals surface area contributed by atoms with Crippen molar-refractivity contribution < 1.29 is 16.8 Å². The van der Waals surface area contributed by atoms with Crippen LogP contribution in [0.3, 0.4) is 0 Å². The molecule has 3 rings (SSSR count). The molecule has 2 aromatic carbocycles. The molecule has 0 unspecified atom stereocenters. The van der Waals surface area contributed by atoms with E-state index in [-0.39, 0.29) is 15.2 Å². The van der Waals surface area contributed by atoms with Gasteiger partial charge in [-0.15, -0.1) is 0 Å². The number of hydrogen-bond donors (Lipinski definition) is 2. The fourth-order valence-electron chi connectivity index (χ4n) is 2.91. The normalized spacial score (nSPS) is 16.4. The minimum Gasteiger partial charge on any atom is -0.383 e. The first-order valence-corrected chi connectivity index (χ1v) is 11.2. The molecular weight excluding hydrogens is 360 g/mol. The van der Waals surface area contributed by atoms with E-state index in [1.807, 2.05) is 18.2 Å². The number of primary sulfonamides is 1. The highest BCUT2D eigenvalue weighted by molar-refractivity contribution is 7.91. The molecule has 2 aromatic rings. The number of sulfone groups is 1. The average molecular weight is 380 g/mol. The molecule has 1 aliphatic rings. The Hall–Kier alpha value is -1.90. The van der Waals surface area contributed by atoms with Gasteiger partial charge < -0.3 is 5.32 Å². The predicted molar refractivity (Wildman–Crippen MR) is 96.8 cm³/mol. The van der Waals surface area contributed by atoms with Gasteiger partial charge >= 0.3 is 0 Å². The molecule has 0 saturated heterocycles. The van der Waals surface area contributed by atoms with E-state index in [4.69, 9.17) is 5.14 Å². The summed E-state index contributed by atoms with van der Waals surface area (Å²) in [5.41, 5.74) is 1.59. The van der Waals surface area contributed by atoms with Crippen molar-refractivity contribution in [2.75, 3.05) is 18.1 Å². The quantitative estimate of drug-likeness (QED) is 0.796. The molecule has 1 aliphatic carbocycles. The summed E-state index contributed by atoms with van der Waals surface area (Å²) in [7, 11) is -7.58. The molecule has 8 heteroatoms. The Morgan fingerprint density at radius 1 is 1.04 bits per heavy atom. The second-order valence-corrected chi connectivity index (χ2v) is 10.0. The summed E-state index contributed by atoms with van der Waals surface area (Å²) in [5, 5.41) is 8.29. The molecule has 0 aliphatic heterocycles. The lowest BCUT2D eigenvalue weighted by Crippen LogP contribution is -2.21. The highest BCUT2D eigenvalue weighted by atomic mass is 32.2. The van der Waals surface area contributed by atoms with Gasteiger partial charge in [0.15, 0.2) is 9.84 Å². The molecule has 0 spiro atoms. The Bertz CT molecular complexity index is 996. The Labute approximate surface area is 148 Å². The molecule has 0 bridgehead atoms. The smallest absolute Gasteiger partial charge is 0.238 e. The highest BCUT2D eigenvalue weighted by Gasteiger charge is 2.44. The van der Waals surface area contributed by atoms with Gasteiger partial charge in [-0.3, -0.25) is 0 Å². The first kappa shape index (κ1) is 17.9. The predicted octanol–water partition coefficient (Wildman–Crippen LogP) is 1.88. The van der Waals surface area contributed by atoms with Gasteiger partial charge in [-0.05, 0) is 36.6 Å². The van der Waals surface area contributed by atoms with E-state index in [1.165, 1.54) is 17.7 Å². The summed E-state index contributed by atoms with van der Waals surface area (Å²) >= 11 is 0.